The van der Waals surface area contributed by atoms with E-state index in [0.717, 1.165) is 0 Å². The number of rotatable bonds is 3. The molecule has 28 heavy (non-hydrogen) atoms. The van der Waals surface area contributed by atoms with E-state index < -0.39 is 24.6 Å². The van der Waals surface area contributed by atoms with Gasteiger partial charge >= 0.3 is 13.1 Å². The minimum absolute atomic E-state index is 0.0534. The number of aromatic carboxylic acids is 1. The van der Waals surface area contributed by atoms with Gasteiger partial charge < -0.3 is 30.2 Å². The first-order valence-corrected chi connectivity index (χ1v) is 9.43. The Balaban J connectivity index is 1.67. The van der Waals surface area contributed by atoms with Gasteiger partial charge in [-0.2, -0.15) is 0 Å². The summed E-state index contributed by atoms with van der Waals surface area (Å²) >= 11 is 5.40. The third-order valence-corrected chi connectivity index (χ3v) is 5.91. The number of carboxylic acids is 1. The zero-order chi connectivity index (χ0) is 20.1. The number of carbonyl (C=O) groups excluding carboxylic acids is 1. The Morgan fingerprint density at radius 1 is 1.43 bits per heavy atom. The van der Waals surface area contributed by atoms with Crippen LogP contribution >= 0.6 is 12.2 Å². The van der Waals surface area contributed by atoms with Crippen molar-refractivity contribution in [1.29, 1.82) is 0 Å². The average molecular weight is 405 g/mol. The molecule has 3 aliphatic rings. The summed E-state index contributed by atoms with van der Waals surface area (Å²) in [6.07, 6.45) is 1.41. The van der Waals surface area contributed by atoms with Crippen LogP contribution in [0.25, 0.3) is 0 Å². The zero-order valence-corrected chi connectivity index (χ0v) is 16.0. The molecule has 1 aromatic carbocycles. The number of piperidine rings is 1. The lowest BCUT2D eigenvalue weighted by atomic mass is 9.71. The summed E-state index contributed by atoms with van der Waals surface area (Å²) in [5.41, 5.74) is -0.342. The first-order valence-electron chi connectivity index (χ1n) is 9.02. The van der Waals surface area contributed by atoms with Crippen molar-refractivity contribution in [3.05, 3.63) is 23.3 Å². The third kappa shape index (κ3) is 2.81. The molecule has 3 aliphatic heterocycles. The molecule has 0 aromatic heterocycles. The molecule has 4 N–H and O–H groups in total. The highest BCUT2D eigenvalue weighted by Crippen LogP contribution is 2.38. The van der Waals surface area contributed by atoms with Crippen LogP contribution in [0.1, 0.15) is 28.8 Å². The van der Waals surface area contributed by atoms with Gasteiger partial charge in [-0.05, 0) is 56.2 Å². The van der Waals surface area contributed by atoms with Gasteiger partial charge in [0, 0.05) is 0 Å². The minimum Gasteiger partial charge on any atom is -0.534 e. The molecule has 0 unspecified atom stereocenters. The van der Waals surface area contributed by atoms with Gasteiger partial charge in [-0.15, -0.1) is 0 Å². The molecule has 4 rings (SSSR count). The number of benzene rings is 1. The van der Waals surface area contributed by atoms with Crippen LogP contribution in [-0.2, 0) is 11.2 Å². The predicted molar refractivity (Wildman–Crippen MR) is 103 cm³/mol. The molecule has 1 amide bonds. The predicted octanol–water partition coefficient (Wildman–Crippen LogP) is -0.445. The summed E-state index contributed by atoms with van der Waals surface area (Å²) in [4.78, 5) is 26.2. The lowest BCUT2D eigenvalue weighted by molar-refractivity contribution is -0.132. The van der Waals surface area contributed by atoms with E-state index in [4.69, 9.17) is 21.6 Å². The number of carboxylic acid groups (broad SMARTS) is 1. The standard InChI is InChI=1S/C17H20BN3O6S/c1-26-10-3-2-9-8-11(18(25)27-13(9)12(10)14(22)23)21-15(24)17(20-16(21)28)4-6-19-7-5-17/h2-3,11,19,25H,4-8H2,1H3,(H,20,28)(H,22,23)/t11-/m0/s1. The average Bonchev–Trinajstić information content (AvgIpc) is 2.90. The van der Waals surface area contributed by atoms with Crippen molar-refractivity contribution in [1.82, 2.24) is 15.5 Å². The van der Waals surface area contributed by atoms with Gasteiger partial charge in [0.05, 0.1) is 13.1 Å². The quantitative estimate of drug-likeness (QED) is 0.392. The molecule has 0 bridgehead atoms. The van der Waals surface area contributed by atoms with Crippen LogP contribution in [0, 0.1) is 0 Å². The normalized spacial score (nSPS) is 23.3. The Morgan fingerprint density at radius 2 is 2.14 bits per heavy atom. The van der Waals surface area contributed by atoms with Crippen LogP contribution in [0.3, 0.4) is 0 Å². The fourth-order valence-corrected chi connectivity index (χ4v) is 4.57. The molecule has 0 radical (unpaired) electrons. The van der Waals surface area contributed by atoms with E-state index in [2.05, 4.69) is 10.6 Å². The van der Waals surface area contributed by atoms with Crippen molar-refractivity contribution in [2.45, 2.75) is 30.7 Å². The SMILES string of the molecule is COc1ccc2c(c1C(=O)O)OB(O)[C@@H](N1C(=O)C3(CCNCC3)NC1=S)C2. The fourth-order valence-electron chi connectivity index (χ4n) is 4.15. The van der Waals surface area contributed by atoms with Gasteiger partial charge in [0.2, 0.25) is 0 Å². The number of carbonyl (C=O) groups is 2. The number of nitrogens with zero attached hydrogens (tertiary/aromatic N) is 1. The van der Waals surface area contributed by atoms with E-state index in [0.29, 0.717) is 31.5 Å². The number of methoxy groups -OCH3 is 1. The molecule has 1 spiro atoms. The number of amides is 1. The number of nitrogens with one attached hydrogen (secondary N) is 2. The van der Waals surface area contributed by atoms with Gasteiger partial charge in [0.1, 0.15) is 22.6 Å². The third-order valence-electron chi connectivity index (χ3n) is 5.61. The first kappa shape index (κ1) is 19.0. The molecular weight excluding hydrogens is 385 g/mol. The van der Waals surface area contributed by atoms with Crippen molar-refractivity contribution < 1.29 is 29.1 Å². The fraction of sp³-hybridized carbons (Fsp3) is 0.471. The van der Waals surface area contributed by atoms with Crippen LogP contribution in [0.2, 0.25) is 0 Å². The highest BCUT2D eigenvalue weighted by Gasteiger charge is 2.55. The van der Waals surface area contributed by atoms with Crippen LogP contribution in [0.5, 0.6) is 11.5 Å². The van der Waals surface area contributed by atoms with E-state index >= 15 is 0 Å². The summed E-state index contributed by atoms with van der Waals surface area (Å²) in [5.74, 6) is -1.95. The molecule has 9 nitrogen and oxygen atoms in total. The number of hydrogen-bond donors (Lipinski definition) is 4. The summed E-state index contributed by atoms with van der Waals surface area (Å²) in [7, 11) is -0.0555. The minimum atomic E-state index is -1.42. The summed E-state index contributed by atoms with van der Waals surface area (Å²) in [6.45, 7) is 1.40. The van der Waals surface area contributed by atoms with Crippen molar-refractivity contribution in [2.24, 2.45) is 0 Å². The molecule has 0 saturated carbocycles. The van der Waals surface area contributed by atoms with Gasteiger partial charge in [-0.1, -0.05) is 6.07 Å². The van der Waals surface area contributed by atoms with E-state index in [1.54, 1.807) is 6.07 Å². The van der Waals surface area contributed by atoms with Gasteiger partial charge in [-0.3, -0.25) is 9.69 Å². The highest BCUT2D eigenvalue weighted by molar-refractivity contribution is 7.80. The second-order valence-electron chi connectivity index (χ2n) is 7.15. The number of hydrogen-bond acceptors (Lipinski definition) is 7. The Hall–Kier alpha value is -2.37. The second kappa shape index (κ2) is 6.91. The Kier molecular flexibility index (Phi) is 4.68. The van der Waals surface area contributed by atoms with E-state index in [9.17, 15) is 19.7 Å². The Morgan fingerprint density at radius 3 is 2.79 bits per heavy atom. The van der Waals surface area contributed by atoms with Crippen molar-refractivity contribution >= 4 is 36.3 Å². The van der Waals surface area contributed by atoms with Gasteiger partial charge in [0.25, 0.3) is 5.91 Å². The summed E-state index contributed by atoms with van der Waals surface area (Å²) in [5, 5.41) is 26.8. The van der Waals surface area contributed by atoms with Crippen molar-refractivity contribution in [3.8, 4) is 11.5 Å². The molecule has 1 atom stereocenters. The van der Waals surface area contributed by atoms with Crippen LogP contribution in [-0.4, -0.2) is 70.8 Å². The molecule has 3 heterocycles. The monoisotopic (exact) mass is 405 g/mol. The number of fused-ring (bicyclic) bond motifs is 1. The maximum absolute atomic E-state index is 13.2. The molecule has 11 heteroatoms. The Labute approximate surface area is 167 Å². The largest absolute Gasteiger partial charge is 0.547 e. The molecular formula is C17H20BN3O6S. The zero-order valence-electron chi connectivity index (χ0n) is 15.2. The summed E-state index contributed by atoms with van der Waals surface area (Å²) < 4.78 is 10.7. The molecule has 148 valence electrons. The maximum atomic E-state index is 13.2. The van der Waals surface area contributed by atoms with E-state index in [1.807, 2.05) is 0 Å². The van der Waals surface area contributed by atoms with Gasteiger partial charge in [-0.25, -0.2) is 4.79 Å². The molecule has 1 aromatic rings. The maximum Gasteiger partial charge on any atom is 0.547 e. The number of ether oxygens (including phenoxy) is 1. The highest BCUT2D eigenvalue weighted by atomic mass is 32.1. The molecule has 2 fully saturated rings. The molecule has 0 aliphatic carbocycles. The smallest absolute Gasteiger partial charge is 0.534 e. The van der Waals surface area contributed by atoms with Crippen molar-refractivity contribution in [2.75, 3.05) is 20.2 Å². The lowest BCUT2D eigenvalue weighted by Crippen LogP contribution is -2.58. The van der Waals surface area contributed by atoms with Crippen LogP contribution in [0.4, 0.5) is 0 Å². The first-order chi connectivity index (χ1) is 13.4. The van der Waals surface area contributed by atoms with Crippen LogP contribution in [0.15, 0.2) is 12.1 Å². The molecule has 2 saturated heterocycles. The number of thiocarbonyl (C=S) groups is 1. The summed E-state index contributed by atoms with van der Waals surface area (Å²) in [6, 6.07) is 3.22. The Bertz CT molecular complexity index is 860. The van der Waals surface area contributed by atoms with E-state index in [-0.39, 0.29) is 34.5 Å². The second-order valence-corrected chi connectivity index (χ2v) is 7.54. The van der Waals surface area contributed by atoms with Crippen molar-refractivity contribution in [3.63, 3.8) is 0 Å². The topological polar surface area (TPSA) is 120 Å². The van der Waals surface area contributed by atoms with Crippen LogP contribution < -0.4 is 20.0 Å². The lowest BCUT2D eigenvalue weighted by Gasteiger charge is -2.35. The van der Waals surface area contributed by atoms with E-state index in [1.165, 1.54) is 18.1 Å². The van der Waals surface area contributed by atoms with Gasteiger partial charge in [0.15, 0.2) is 5.11 Å².